The van der Waals surface area contributed by atoms with Crippen LogP contribution in [0.5, 0.6) is 0 Å². The summed E-state index contributed by atoms with van der Waals surface area (Å²) < 4.78 is 29.1. The maximum atomic E-state index is 12.0. The van der Waals surface area contributed by atoms with E-state index < -0.39 is 15.7 Å². The van der Waals surface area contributed by atoms with Crippen molar-refractivity contribution in [2.45, 2.75) is 57.0 Å². The molecule has 2 rings (SSSR count). The van der Waals surface area contributed by atoms with Crippen LogP contribution in [-0.2, 0) is 10.2 Å². The van der Waals surface area contributed by atoms with Crippen LogP contribution in [0.25, 0.3) is 0 Å². The smallest absolute Gasteiger partial charge is 0.278 e. The molecule has 0 saturated heterocycles. The molecule has 0 unspecified atom stereocenters. The molecule has 2 aliphatic carbocycles. The minimum atomic E-state index is -3.56. The predicted octanol–water partition coefficient (Wildman–Crippen LogP) is 0.458. The Balaban J connectivity index is 2.08. The number of amidine groups is 1. The van der Waals surface area contributed by atoms with Crippen molar-refractivity contribution in [1.82, 2.24) is 9.44 Å². The normalized spacial score (nSPS) is 33.3. The first-order chi connectivity index (χ1) is 8.33. The summed E-state index contributed by atoms with van der Waals surface area (Å²) in [5, 5.41) is 7.70. The number of nitrogens with one attached hydrogen (secondary N) is 3. The first-order valence-electron chi connectivity index (χ1n) is 6.49. The molecule has 0 heterocycles. The molecule has 0 aromatic heterocycles. The molecule has 0 aromatic rings. The zero-order valence-corrected chi connectivity index (χ0v) is 11.5. The Labute approximate surface area is 108 Å². The van der Waals surface area contributed by atoms with E-state index in [1.165, 1.54) is 0 Å². The lowest BCUT2D eigenvalue weighted by molar-refractivity contribution is 0.285. The van der Waals surface area contributed by atoms with Gasteiger partial charge in [0, 0.05) is 6.04 Å². The van der Waals surface area contributed by atoms with Crippen molar-refractivity contribution in [3.63, 3.8) is 0 Å². The largest absolute Gasteiger partial charge is 0.386 e. The van der Waals surface area contributed by atoms with E-state index in [0.29, 0.717) is 18.8 Å². The molecule has 0 amide bonds. The molecule has 0 atom stereocenters. The van der Waals surface area contributed by atoms with Gasteiger partial charge in [0.25, 0.3) is 10.2 Å². The number of nitrogens with two attached hydrogens (primary N) is 1. The molecule has 6 nitrogen and oxygen atoms in total. The second kappa shape index (κ2) is 4.79. The summed E-state index contributed by atoms with van der Waals surface area (Å²) in [6.07, 6.45) is 4.79. The third-order valence-corrected chi connectivity index (χ3v) is 5.18. The monoisotopic (exact) mass is 274 g/mol. The van der Waals surface area contributed by atoms with E-state index >= 15 is 0 Å². The van der Waals surface area contributed by atoms with Crippen LogP contribution < -0.4 is 15.2 Å². The SMILES string of the molecule is CC1CCC(NS(=O)(=O)NC2CC2)(C(=N)N)CC1. The van der Waals surface area contributed by atoms with Gasteiger partial charge >= 0.3 is 0 Å². The Morgan fingerprint density at radius 1 is 1.28 bits per heavy atom. The van der Waals surface area contributed by atoms with Gasteiger partial charge in [-0.15, -0.1) is 0 Å². The number of hydrogen-bond acceptors (Lipinski definition) is 3. The molecule has 0 spiro atoms. The van der Waals surface area contributed by atoms with Gasteiger partial charge in [-0.2, -0.15) is 17.9 Å². The topological polar surface area (TPSA) is 108 Å². The van der Waals surface area contributed by atoms with E-state index in [1.807, 2.05) is 0 Å². The second-order valence-corrected chi connectivity index (χ2v) is 7.12. The highest BCUT2D eigenvalue weighted by Gasteiger charge is 2.41. The van der Waals surface area contributed by atoms with Crippen LogP contribution in [0, 0.1) is 11.3 Å². The van der Waals surface area contributed by atoms with E-state index in [4.69, 9.17) is 11.1 Å². The second-order valence-electron chi connectivity index (χ2n) is 5.68. The predicted molar refractivity (Wildman–Crippen MR) is 70.5 cm³/mol. The van der Waals surface area contributed by atoms with Gasteiger partial charge in [-0.05, 0) is 44.4 Å². The highest BCUT2D eigenvalue weighted by Crippen LogP contribution is 2.32. The summed E-state index contributed by atoms with van der Waals surface area (Å²) >= 11 is 0. The van der Waals surface area contributed by atoms with Crippen molar-refractivity contribution in [3.05, 3.63) is 0 Å². The Kier molecular flexibility index (Phi) is 3.66. The fourth-order valence-corrected chi connectivity index (χ4v) is 3.95. The molecule has 0 aromatic carbocycles. The first kappa shape index (κ1) is 13.8. The van der Waals surface area contributed by atoms with Gasteiger partial charge in [-0.25, -0.2) is 0 Å². The molecule has 7 heteroatoms. The molecule has 0 radical (unpaired) electrons. The lowest BCUT2D eigenvalue weighted by Gasteiger charge is -2.38. The zero-order valence-electron chi connectivity index (χ0n) is 10.7. The van der Waals surface area contributed by atoms with Gasteiger partial charge in [0.2, 0.25) is 0 Å². The van der Waals surface area contributed by atoms with Gasteiger partial charge < -0.3 is 5.73 Å². The average molecular weight is 274 g/mol. The van der Waals surface area contributed by atoms with Crippen molar-refractivity contribution in [2.24, 2.45) is 11.7 Å². The maximum absolute atomic E-state index is 12.0. The Morgan fingerprint density at radius 2 is 1.83 bits per heavy atom. The highest BCUT2D eigenvalue weighted by atomic mass is 32.2. The quantitative estimate of drug-likeness (QED) is 0.432. The van der Waals surface area contributed by atoms with Crippen molar-refractivity contribution >= 4 is 16.0 Å². The fourth-order valence-electron chi connectivity index (χ4n) is 2.39. The summed E-state index contributed by atoms with van der Waals surface area (Å²) in [4.78, 5) is 0. The van der Waals surface area contributed by atoms with Gasteiger partial charge in [0.15, 0.2) is 0 Å². The molecule has 2 saturated carbocycles. The van der Waals surface area contributed by atoms with Crippen LogP contribution in [0.3, 0.4) is 0 Å². The first-order valence-corrected chi connectivity index (χ1v) is 7.97. The minimum Gasteiger partial charge on any atom is -0.386 e. The van der Waals surface area contributed by atoms with Gasteiger partial charge in [0.1, 0.15) is 5.84 Å². The fraction of sp³-hybridized carbons (Fsp3) is 0.909. The highest BCUT2D eigenvalue weighted by molar-refractivity contribution is 7.87. The van der Waals surface area contributed by atoms with Crippen LogP contribution in [0.15, 0.2) is 0 Å². The van der Waals surface area contributed by atoms with Gasteiger partial charge in [-0.3, -0.25) is 5.41 Å². The molecule has 2 fully saturated rings. The van der Waals surface area contributed by atoms with E-state index in [1.54, 1.807) is 0 Å². The minimum absolute atomic E-state index is 0.0639. The Hall–Kier alpha value is -0.660. The van der Waals surface area contributed by atoms with Crippen LogP contribution in [0.1, 0.15) is 45.4 Å². The molecular weight excluding hydrogens is 252 g/mol. The summed E-state index contributed by atoms with van der Waals surface area (Å²) in [5.41, 5.74) is 4.75. The summed E-state index contributed by atoms with van der Waals surface area (Å²) in [6.45, 7) is 2.14. The van der Waals surface area contributed by atoms with Crippen LogP contribution in [-0.4, -0.2) is 25.8 Å². The van der Waals surface area contributed by atoms with E-state index in [9.17, 15) is 8.42 Å². The molecule has 5 N–H and O–H groups in total. The van der Waals surface area contributed by atoms with E-state index in [0.717, 1.165) is 25.7 Å². The Morgan fingerprint density at radius 3 is 2.28 bits per heavy atom. The number of hydrogen-bond donors (Lipinski definition) is 4. The molecule has 104 valence electrons. The van der Waals surface area contributed by atoms with E-state index in [2.05, 4.69) is 16.4 Å². The average Bonchev–Trinajstić information content (AvgIpc) is 3.04. The van der Waals surface area contributed by atoms with Crippen molar-refractivity contribution in [2.75, 3.05) is 0 Å². The van der Waals surface area contributed by atoms with Crippen LogP contribution in [0.2, 0.25) is 0 Å². The standard InChI is InChI=1S/C11H22N4O2S/c1-8-4-6-11(7-5-8,10(12)13)15-18(16,17)14-9-2-3-9/h8-9,14-15H,2-7H2,1H3,(H3,12,13). The van der Waals surface area contributed by atoms with Crippen molar-refractivity contribution < 1.29 is 8.42 Å². The lowest BCUT2D eigenvalue weighted by atomic mass is 9.77. The summed E-state index contributed by atoms with van der Waals surface area (Å²) in [6, 6.07) is 0.0639. The van der Waals surface area contributed by atoms with Crippen molar-refractivity contribution in [3.8, 4) is 0 Å². The summed E-state index contributed by atoms with van der Waals surface area (Å²) in [5.74, 6) is 0.494. The molecule has 0 bridgehead atoms. The van der Waals surface area contributed by atoms with E-state index in [-0.39, 0.29) is 11.9 Å². The van der Waals surface area contributed by atoms with Gasteiger partial charge in [0.05, 0.1) is 5.54 Å². The summed E-state index contributed by atoms with van der Waals surface area (Å²) in [7, 11) is -3.56. The molecule has 2 aliphatic rings. The maximum Gasteiger partial charge on any atom is 0.278 e. The molecule has 0 aliphatic heterocycles. The van der Waals surface area contributed by atoms with Crippen molar-refractivity contribution in [1.29, 1.82) is 5.41 Å². The third-order valence-electron chi connectivity index (χ3n) is 3.87. The lowest BCUT2D eigenvalue weighted by Crippen LogP contribution is -2.60. The third kappa shape index (κ3) is 3.21. The van der Waals surface area contributed by atoms with Crippen LogP contribution >= 0.6 is 0 Å². The number of rotatable bonds is 5. The Bertz CT molecular complexity index is 422. The van der Waals surface area contributed by atoms with Crippen LogP contribution in [0.4, 0.5) is 0 Å². The van der Waals surface area contributed by atoms with Gasteiger partial charge in [-0.1, -0.05) is 6.92 Å². The molecule has 18 heavy (non-hydrogen) atoms. The zero-order chi connectivity index (χ0) is 13.4. The molecular formula is C11H22N4O2S.